The Labute approximate surface area is 71.8 Å². The van der Waals surface area contributed by atoms with Gasteiger partial charge in [0.15, 0.2) is 0 Å². The van der Waals surface area contributed by atoms with Gasteiger partial charge in [-0.2, -0.15) is 0 Å². The van der Waals surface area contributed by atoms with Crippen LogP contribution in [0.5, 0.6) is 0 Å². The lowest BCUT2D eigenvalue weighted by Crippen LogP contribution is -1.79. The molecule has 1 aromatic heterocycles. The predicted octanol–water partition coefficient (Wildman–Crippen LogP) is 2.34. The van der Waals surface area contributed by atoms with Gasteiger partial charge in [-0.25, -0.2) is 0 Å². The number of nitrogens with zero attached hydrogens (tertiary/aromatic N) is 2. The molecule has 0 spiro atoms. The van der Waals surface area contributed by atoms with Gasteiger partial charge in [0.1, 0.15) is 10.0 Å². The van der Waals surface area contributed by atoms with Gasteiger partial charge in [-0.15, -0.1) is 21.5 Å². The van der Waals surface area contributed by atoms with E-state index in [9.17, 15) is 0 Å². The van der Waals surface area contributed by atoms with Gasteiger partial charge in [0.2, 0.25) is 0 Å². The smallest absolute Gasteiger partial charge is 0.130 e. The standard InChI is InChI=1S/C5H7IN2S/c1-3(6)5-8-7-4(2)9-5/h3H,1-2H3. The molecule has 2 nitrogen and oxygen atoms in total. The van der Waals surface area contributed by atoms with Crippen LogP contribution in [-0.4, -0.2) is 10.2 Å². The van der Waals surface area contributed by atoms with Crippen molar-refractivity contribution < 1.29 is 0 Å². The summed E-state index contributed by atoms with van der Waals surface area (Å²) in [5.41, 5.74) is 0. The molecule has 0 bridgehead atoms. The molecule has 1 unspecified atom stereocenters. The Kier molecular flexibility index (Phi) is 2.40. The van der Waals surface area contributed by atoms with E-state index >= 15 is 0 Å². The highest BCUT2D eigenvalue weighted by Crippen LogP contribution is 2.24. The van der Waals surface area contributed by atoms with Crippen LogP contribution in [0, 0.1) is 6.92 Å². The van der Waals surface area contributed by atoms with E-state index in [0.717, 1.165) is 10.0 Å². The molecule has 0 saturated heterocycles. The summed E-state index contributed by atoms with van der Waals surface area (Å²) in [5, 5.41) is 10.0. The van der Waals surface area contributed by atoms with Crippen molar-refractivity contribution in [3.05, 3.63) is 10.0 Å². The second kappa shape index (κ2) is 2.92. The molecule has 0 fully saturated rings. The van der Waals surface area contributed by atoms with Gasteiger partial charge in [0.25, 0.3) is 0 Å². The fraction of sp³-hybridized carbons (Fsp3) is 0.600. The number of halogens is 1. The monoisotopic (exact) mass is 254 g/mol. The van der Waals surface area contributed by atoms with Crippen molar-refractivity contribution in [1.29, 1.82) is 0 Å². The second-order valence-electron chi connectivity index (χ2n) is 1.78. The van der Waals surface area contributed by atoms with Gasteiger partial charge in [-0.3, -0.25) is 0 Å². The van der Waals surface area contributed by atoms with Gasteiger partial charge < -0.3 is 0 Å². The average molecular weight is 254 g/mol. The van der Waals surface area contributed by atoms with Crippen LogP contribution in [0.15, 0.2) is 0 Å². The molecule has 1 heterocycles. The van der Waals surface area contributed by atoms with E-state index in [2.05, 4.69) is 39.7 Å². The van der Waals surface area contributed by atoms with E-state index in [1.54, 1.807) is 11.3 Å². The molecule has 0 aliphatic heterocycles. The van der Waals surface area contributed by atoms with Crippen molar-refractivity contribution in [2.75, 3.05) is 0 Å². The minimum absolute atomic E-state index is 0.494. The van der Waals surface area contributed by atoms with Gasteiger partial charge in [0.05, 0.1) is 3.92 Å². The Bertz CT molecular complexity index is 197. The summed E-state index contributed by atoms with van der Waals surface area (Å²) < 4.78 is 0.494. The molecule has 9 heavy (non-hydrogen) atoms. The fourth-order valence-corrected chi connectivity index (χ4v) is 1.61. The highest BCUT2D eigenvalue weighted by atomic mass is 127. The van der Waals surface area contributed by atoms with Crippen LogP contribution in [0.1, 0.15) is 20.9 Å². The van der Waals surface area contributed by atoms with Crippen molar-refractivity contribution in [3.8, 4) is 0 Å². The van der Waals surface area contributed by atoms with E-state index in [1.807, 2.05) is 6.92 Å². The van der Waals surface area contributed by atoms with E-state index in [-0.39, 0.29) is 0 Å². The average Bonchev–Trinajstić information content (AvgIpc) is 2.14. The first-order chi connectivity index (χ1) is 4.20. The number of hydrogen-bond acceptors (Lipinski definition) is 3. The molecule has 1 rings (SSSR count). The highest BCUT2D eigenvalue weighted by molar-refractivity contribution is 14.1. The predicted molar refractivity (Wildman–Crippen MR) is 47.1 cm³/mol. The maximum atomic E-state index is 3.98. The zero-order valence-corrected chi connectivity index (χ0v) is 8.23. The fourth-order valence-electron chi connectivity index (χ4n) is 0.473. The van der Waals surface area contributed by atoms with Gasteiger partial charge >= 0.3 is 0 Å². The summed E-state index contributed by atoms with van der Waals surface area (Å²) in [5.74, 6) is 0. The first-order valence-electron chi connectivity index (χ1n) is 2.64. The minimum Gasteiger partial charge on any atom is -0.144 e. The first-order valence-corrected chi connectivity index (χ1v) is 4.70. The molecule has 0 aliphatic rings. The molecule has 0 N–H and O–H groups in total. The zero-order valence-electron chi connectivity index (χ0n) is 5.26. The van der Waals surface area contributed by atoms with Crippen molar-refractivity contribution in [1.82, 2.24) is 10.2 Å². The third-order valence-electron chi connectivity index (χ3n) is 0.882. The molecule has 4 heteroatoms. The molecule has 0 aliphatic carbocycles. The van der Waals surface area contributed by atoms with Crippen molar-refractivity contribution >= 4 is 33.9 Å². The zero-order chi connectivity index (χ0) is 6.85. The second-order valence-corrected chi connectivity index (χ2v) is 4.86. The maximum absolute atomic E-state index is 3.98. The molecule has 0 aromatic carbocycles. The summed E-state index contributed by atoms with van der Waals surface area (Å²) >= 11 is 4.00. The van der Waals surface area contributed by atoms with Crippen LogP contribution in [0.25, 0.3) is 0 Å². The lowest BCUT2D eigenvalue weighted by molar-refractivity contribution is 0.968. The Morgan fingerprint density at radius 1 is 1.56 bits per heavy atom. The van der Waals surface area contributed by atoms with Crippen LogP contribution in [0.2, 0.25) is 0 Å². The number of alkyl halides is 1. The lowest BCUT2D eigenvalue weighted by Gasteiger charge is -1.90. The Morgan fingerprint density at radius 3 is 2.44 bits per heavy atom. The number of hydrogen-bond donors (Lipinski definition) is 0. The largest absolute Gasteiger partial charge is 0.144 e. The molecule has 50 valence electrons. The van der Waals surface area contributed by atoms with Crippen LogP contribution < -0.4 is 0 Å². The van der Waals surface area contributed by atoms with E-state index in [1.165, 1.54) is 0 Å². The van der Waals surface area contributed by atoms with E-state index in [4.69, 9.17) is 0 Å². The first kappa shape index (κ1) is 7.40. The third kappa shape index (κ3) is 1.86. The lowest BCUT2D eigenvalue weighted by atomic mass is 10.5. The Balaban J connectivity index is 2.85. The van der Waals surface area contributed by atoms with Crippen LogP contribution in [0.4, 0.5) is 0 Å². The number of aromatic nitrogens is 2. The van der Waals surface area contributed by atoms with E-state index in [0.29, 0.717) is 3.92 Å². The maximum Gasteiger partial charge on any atom is 0.130 e. The summed E-state index contributed by atoms with van der Waals surface area (Å²) in [4.78, 5) is 0. The summed E-state index contributed by atoms with van der Waals surface area (Å²) in [6.45, 7) is 4.08. The third-order valence-corrected chi connectivity index (χ3v) is 2.92. The van der Waals surface area contributed by atoms with Crippen LogP contribution >= 0.6 is 33.9 Å². The van der Waals surface area contributed by atoms with Gasteiger partial charge in [-0.1, -0.05) is 22.6 Å². The van der Waals surface area contributed by atoms with Crippen LogP contribution in [-0.2, 0) is 0 Å². The van der Waals surface area contributed by atoms with Gasteiger partial charge in [0, 0.05) is 0 Å². The summed E-state index contributed by atoms with van der Waals surface area (Å²) in [6.07, 6.45) is 0. The molecule has 0 radical (unpaired) electrons. The molecule has 0 amide bonds. The number of aryl methyl sites for hydroxylation is 1. The van der Waals surface area contributed by atoms with Gasteiger partial charge in [-0.05, 0) is 13.8 Å². The summed E-state index contributed by atoms with van der Waals surface area (Å²) in [6, 6.07) is 0. The van der Waals surface area contributed by atoms with Crippen molar-refractivity contribution in [2.45, 2.75) is 17.8 Å². The summed E-state index contributed by atoms with van der Waals surface area (Å²) in [7, 11) is 0. The quantitative estimate of drug-likeness (QED) is 0.567. The SMILES string of the molecule is Cc1nnc(C(C)I)s1. The molecule has 1 aromatic rings. The molecule has 0 saturated carbocycles. The molecular weight excluding hydrogens is 247 g/mol. The Morgan fingerprint density at radius 2 is 2.22 bits per heavy atom. The Hall–Kier alpha value is 0.290. The minimum atomic E-state index is 0.494. The topological polar surface area (TPSA) is 25.8 Å². The molecular formula is C5H7IN2S. The molecule has 1 atom stereocenters. The highest BCUT2D eigenvalue weighted by Gasteiger charge is 2.04. The van der Waals surface area contributed by atoms with Crippen molar-refractivity contribution in [3.63, 3.8) is 0 Å². The van der Waals surface area contributed by atoms with E-state index < -0.39 is 0 Å². The van der Waals surface area contributed by atoms with Crippen LogP contribution in [0.3, 0.4) is 0 Å². The van der Waals surface area contributed by atoms with Crippen molar-refractivity contribution in [2.24, 2.45) is 0 Å². The number of rotatable bonds is 1. The normalized spacial score (nSPS) is 13.7.